The highest BCUT2D eigenvalue weighted by atomic mass is 28.3. The van der Waals surface area contributed by atoms with Crippen LogP contribution in [0.1, 0.15) is 6.92 Å². The smallest absolute Gasteiger partial charge is 0.333 e. The fraction of sp³-hybridized carbons (Fsp3) is 0.643. The van der Waals surface area contributed by atoms with Gasteiger partial charge in [-0.1, -0.05) is 32.5 Å². The summed E-state index contributed by atoms with van der Waals surface area (Å²) in [4.78, 5) is 11.3. The SMILES string of the molecule is COC(=O)/C=C(/OC)[C@H](C)[C@H](C#C[Si](C)(C)C)OC. The summed E-state index contributed by atoms with van der Waals surface area (Å²) in [6, 6.07) is 0. The molecule has 0 aliphatic carbocycles. The van der Waals surface area contributed by atoms with Crippen LogP contribution < -0.4 is 0 Å². The second kappa shape index (κ2) is 8.03. The van der Waals surface area contributed by atoms with E-state index in [1.807, 2.05) is 6.92 Å². The number of carbonyl (C=O) groups is 1. The topological polar surface area (TPSA) is 44.8 Å². The normalized spacial score (nSPS) is 15.0. The minimum Gasteiger partial charge on any atom is -0.500 e. The zero-order chi connectivity index (χ0) is 15.1. The lowest BCUT2D eigenvalue weighted by Crippen LogP contribution is -2.24. The summed E-state index contributed by atoms with van der Waals surface area (Å²) in [5.41, 5.74) is 3.26. The van der Waals surface area contributed by atoms with E-state index < -0.39 is 14.0 Å². The predicted molar refractivity (Wildman–Crippen MR) is 78.2 cm³/mol. The van der Waals surface area contributed by atoms with Crippen LogP contribution in [0.5, 0.6) is 0 Å². The molecule has 0 heterocycles. The van der Waals surface area contributed by atoms with Gasteiger partial charge in [0, 0.05) is 7.11 Å². The van der Waals surface area contributed by atoms with Crippen LogP contribution in [0.25, 0.3) is 0 Å². The Morgan fingerprint density at radius 2 is 1.74 bits per heavy atom. The molecule has 0 aliphatic rings. The van der Waals surface area contributed by atoms with Crippen molar-refractivity contribution in [3.63, 3.8) is 0 Å². The van der Waals surface area contributed by atoms with Gasteiger partial charge in [-0.2, -0.15) is 0 Å². The Hall–Kier alpha value is -1.25. The van der Waals surface area contributed by atoms with Crippen LogP contribution >= 0.6 is 0 Å². The molecule has 0 unspecified atom stereocenters. The average Bonchev–Trinajstić information content (AvgIpc) is 2.34. The van der Waals surface area contributed by atoms with Gasteiger partial charge in [0.05, 0.1) is 26.2 Å². The molecule has 0 rings (SSSR count). The van der Waals surface area contributed by atoms with Crippen LogP contribution in [0.15, 0.2) is 11.8 Å². The van der Waals surface area contributed by atoms with Crippen molar-refractivity contribution >= 4 is 14.0 Å². The molecule has 5 heteroatoms. The van der Waals surface area contributed by atoms with Gasteiger partial charge in [0.15, 0.2) is 0 Å². The standard InChI is InChI=1S/C14H24O4Si/c1-11(13(17-3)10-14(15)18-4)12(16-2)8-9-19(5,6)7/h10-12H,1-7H3/b13-10+/t11-,12+/m1/s1. The van der Waals surface area contributed by atoms with E-state index in [9.17, 15) is 4.79 Å². The van der Waals surface area contributed by atoms with Crippen molar-refractivity contribution in [1.29, 1.82) is 0 Å². The fourth-order valence-electron chi connectivity index (χ4n) is 1.38. The Morgan fingerprint density at radius 1 is 1.16 bits per heavy atom. The van der Waals surface area contributed by atoms with E-state index in [2.05, 4.69) is 35.8 Å². The minimum absolute atomic E-state index is 0.141. The summed E-state index contributed by atoms with van der Waals surface area (Å²) in [7, 11) is 2.99. The minimum atomic E-state index is -1.46. The number of methoxy groups -OCH3 is 3. The lowest BCUT2D eigenvalue weighted by Gasteiger charge is -2.20. The van der Waals surface area contributed by atoms with Crippen molar-refractivity contribution in [3.05, 3.63) is 11.8 Å². The van der Waals surface area contributed by atoms with Crippen LogP contribution in [0.2, 0.25) is 19.6 Å². The Bertz CT molecular complexity index is 384. The van der Waals surface area contributed by atoms with Crippen molar-refractivity contribution in [2.45, 2.75) is 32.7 Å². The van der Waals surface area contributed by atoms with Gasteiger partial charge in [0.25, 0.3) is 0 Å². The van der Waals surface area contributed by atoms with Crippen molar-refractivity contribution in [3.8, 4) is 11.5 Å². The van der Waals surface area contributed by atoms with Gasteiger partial charge in [0.2, 0.25) is 0 Å². The summed E-state index contributed by atoms with van der Waals surface area (Å²) in [6.45, 7) is 8.40. The first-order valence-corrected chi connectivity index (χ1v) is 9.64. The van der Waals surface area contributed by atoms with Gasteiger partial charge in [0.1, 0.15) is 19.9 Å². The molecule has 2 atom stereocenters. The van der Waals surface area contributed by atoms with Crippen LogP contribution in [-0.4, -0.2) is 41.5 Å². The van der Waals surface area contributed by atoms with Gasteiger partial charge in [-0.25, -0.2) is 4.79 Å². The highest BCUT2D eigenvalue weighted by Gasteiger charge is 2.21. The molecule has 0 N–H and O–H groups in total. The quantitative estimate of drug-likeness (QED) is 0.255. The third-order valence-corrected chi connectivity index (χ3v) is 3.34. The maximum Gasteiger partial charge on any atom is 0.333 e. The Labute approximate surface area is 117 Å². The fourth-order valence-corrected chi connectivity index (χ4v) is 1.95. The zero-order valence-electron chi connectivity index (χ0n) is 12.9. The first-order chi connectivity index (χ1) is 8.75. The maximum atomic E-state index is 11.3. The van der Waals surface area contributed by atoms with E-state index >= 15 is 0 Å². The number of hydrogen-bond donors (Lipinski definition) is 0. The summed E-state index contributed by atoms with van der Waals surface area (Å²) >= 11 is 0. The van der Waals surface area contributed by atoms with Crippen molar-refractivity contribution in [1.82, 2.24) is 0 Å². The molecule has 19 heavy (non-hydrogen) atoms. The van der Waals surface area contributed by atoms with E-state index in [0.717, 1.165) is 0 Å². The van der Waals surface area contributed by atoms with Crippen molar-refractivity contribution in [2.75, 3.05) is 21.3 Å². The molecule has 0 aromatic carbocycles. The van der Waals surface area contributed by atoms with E-state index in [-0.39, 0.29) is 12.0 Å². The molecule has 0 saturated carbocycles. The third kappa shape index (κ3) is 7.04. The van der Waals surface area contributed by atoms with E-state index in [4.69, 9.17) is 9.47 Å². The van der Waals surface area contributed by atoms with Gasteiger partial charge >= 0.3 is 5.97 Å². The van der Waals surface area contributed by atoms with Crippen LogP contribution in [-0.2, 0) is 19.0 Å². The largest absolute Gasteiger partial charge is 0.500 e. The number of esters is 1. The molecular formula is C14H24O4Si. The number of ether oxygens (including phenoxy) is 3. The molecule has 0 saturated heterocycles. The molecule has 0 aromatic heterocycles. The molecule has 0 aromatic rings. The highest BCUT2D eigenvalue weighted by Crippen LogP contribution is 2.18. The molecule has 0 amide bonds. The average molecular weight is 284 g/mol. The third-order valence-electron chi connectivity index (χ3n) is 2.44. The molecule has 0 bridgehead atoms. The van der Waals surface area contributed by atoms with Crippen molar-refractivity contribution < 1.29 is 19.0 Å². The first kappa shape index (κ1) is 17.7. The van der Waals surface area contributed by atoms with Gasteiger partial charge < -0.3 is 14.2 Å². The second-order valence-corrected chi connectivity index (χ2v) is 9.99. The first-order valence-electron chi connectivity index (χ1n) is 6.14. The molecule has 0 radical (unpaired) electrons. The number of rotatable bonds is 5. The molecule has 0 spiro atoms. The van der Waals surface area contributed by atoms with Gasteiger partial charge in [-0.15, -0.1) is 5.54 Å². The van der Waals surface area contributed by atoms with Gasteiger partial charge in [-0.05, 0) is 0 Å². The summed E-state index contributed by atoms with van der Waals surface area (Å²) in [5.74, 6) is 3.05. The summed E-state index contributed by atoms with van der Waals surface area (Å²) in [5, 5.41) is 0. The Balaban J connectivity index is 5.09. The number of hydrogen-bond acceptors (Lipinski definition) is 4. The van der Waals surface area contributed by atoms with Crippen LogP contribution in [0.3, 0.4) is 0 Å². The molecular weight excluding hydrogens is 260 g/mol. The molecule has 0 fully saturated rings. The highest BCUT2D eigenvalue weighted by molar-refractivity contribution is 6.83. The maximum absolute atomic E-state index is 11.3. The molecule has 0 aliphatic heterocycles. The predicted octanol–water partition coefficient (Wildman–Crippen LogP) is 2.22. The van der Waals surface area contributed by atoms with Crippen molar-refractivity contribution in [2.24, 2.45) is 5.92 Å². The lowest BCUT2D eigenvalue weighted by molar-refractivity contribution is -0.135. The summed E-state index contributed by atoms with van der Waals surface area (Å²) < 4.78 is 15.2. The van der Waals surface area contributed by atoms with Crippen LogP contribution in [0.4, 0.5) is 0 Å². The second-order valence-electron chi connectivity index (χ2n) is 5.24. The van der Waals surface area contributed by atoms with Crippen LogP contribution in [0, 0.1) is 17.4 Å². The van der Waals surface area contributed by atoms with E-state index in [1.54, 1.807) is 7.11 Å². The zero-order valence-corrected chi connectivity index (χ0v) is 13.9. The van der Waals surface area contributed by atoms with Gasteiger partial charge in [-0.3, -0.25) is 0 Å². The Morgan fingerprint density at radius 3 is 2.11 bits per heavy atom. The molecule has 4 nitrogen and oxygen atoms in total. The lowest BCUT2D eigenvalue weighted by atomic mass is 10.0. The van der Waals surface area contributed by atoms with E-state index in [0.29, 0.717) is 5.76 Å². The molecule has 108 valence electrons. The number of carbonyl (C=O) groups excluding carboxylic acids is 1. The monoisotopic (exact) mass is 284 g/mol. The summed E-state index contributed by atoms with van der Waals surface area (Å²) in [6.07, 6.45) is 1.02. The Kier molecular flexibility index (Phi) is 7.50. The van der Waals surface area contributed by atoms with E-state index in [1.165, 1.54) is 20.3 Å².